The first-order valence-electron chi connectivity index (χ1n) is 11.1. The molecule has 34 heavy (non-hydrogen) atoms. The monoisotopic (exact) mass is 458 g/mol. The van der Waals surface area contributed by atoms with E-state index >= 15 is 0 Å². The van der Waals surface area contributed by atoms with Gasteiger partial charge in [-0.1, -0.05) is 55.8 Å². The van der Waals surface area contributed by atoms with E-state index in [0.29, 0.717) is 18.7 Å². The number of hydrogen-bond donors (Lipinski definition) is 2. The summed E-state index contributed by atoms with van der Waals surface area (Å²) < 4.78 is 6.70. The molecule has 0 saturated heterocycles. The van der Waals surface area contributed by atoms with E-state index in [1.165, 1.54) is 21.8 Å². The number of amides is 1. The predicted molar refractivity (Wildman–Crippen MR) is 134 cm³/mol. The zero-order valence-corrected chi connectivity index (χ0v) is 18.9. The van der Waals surface area contributed by atoms with Gasteiger partial charge in [-0.05, 0) is 41.0 Å². The fraction of sp³-hybridized carbons (Fsp3) is 0.192. The number of unbranched alkanes of at least 4 members (excludes halogenated alkanes) is 1. The van der Waals surface area contributed by atoms with Crippen molar-refractivity contribution in [1.29, 1.82) is 0 Å². The van der Waals surface area contributed by atoms with Crippen LogP contribution in [0.4, 0.5) is 11.5 Å². The number of hydrogen-bond acceptors (Lipinski definition) is 5. The molecule has 4 rings (SSSR count). The topological polar surface area (TPSA) is 114 Å². The Balaban J connectivity index is 1.76. The second-order valence-electron chi connectivity index (χ2n) is 7.90. The minimum absolute atomic E-state index is 0.0228. The van der Waals surface area contributed by atoms with Crippen LogP contribution in [0.25, 0.3) is 16.8 Å². The van der Waals surface area contributed by atoms with Crippen molar-refractivity contribution in [3.05, 3.63) is 99.1 Å². The van der Waals surface area contributed by atoms with Gasteiger partial charge in [-0.15, -0.1) is 0 Å². The lowest BCUT2D eigenvalue weighted by Gasteiger charge is -2.22. The second-order valence-corrected chi connectivity index (χ2v) is 7.90. The van der Waals surface area contributed by atoms with Gasteiger partial charge in [0, 0.05) is 12.6 Å². The summed E-state index contributed by atoms with van der Waals surface area (Å²) in [6.07, 6.45) is 6.12. The molecule has 8 nitrogen and oxygen atoms in total. The van der Waals surface area contributed by atoms with Crippen molar-refractivity contribution in [3.63, 3.8) is 0 Å². The molecule has 3 N–H and O–H groups in total. The Kier molecular flexibility index (Phi) is 6.77. The summed E-state index contributed by atoms with van der Waals surface area (Å²) >= 11 is 0. The number of nitrogens with one attached hydrogen (secondary N) is 1. The minimum Gasteiger partial charge on any atom is -0.467 e. The van der Waals surface area contributed by atoms with Gasteiger partial charge in [-0.2, -0.15) is 0 Å². The molecule has 1 amide bonds. The number of anilines is 2. The van der Waals surface area contributed by atoms with E-state index in [4.69, 9.17) is 10.2 Å². The van der Waals surface area contributed by atoms with Crippen molar-refractivity contribution in [3.8, 4) is 0 Å². The third kappa shape index (κ3) is 4.71. The number of furan rings is 1. The van der Waals surface area contributed by atoms with E-state index in [1.807, 2.05) is 49.4 Å². The quantitative estimate of drug-likeness (QED) is 0.389. The minimum atomic E-state index is -0.728. The SMILES string of the molecule is CCCCn1c(N)c(N(Cc2ccco2)C(=O)/C=C/c2cccc3ccccc23)c(=O)[nH]c1=O. The molecule has 0 aliphatic heterocycles. The molecule has 174 valence electrons. The number of aromatic nitrogens is 2. The molecule has 2 aromatic heterocycles. The van der Waals surface area contributed by atoms with Gasteiger partial charge < -0.3 is 10.2 Å². The fourth-order valence-electron chi connectivity index (χ4n) is 3.85. The number of benzene rings is 2. The summed E-state index contributed by atoms with van der Waals surface area (Å²) in [6, 6.07) is 17.1. The summed E-state index contributed by atoms with van der Waals surface area (Å²) in [6.45, 7) is 2.29. The maximum absolute atomic E-state index is 13.4. The Morgan fingerprint density at radius 2 is 1.91 bits per heavy atom. The molecule has 0 unspecified atom stereocenters. The molecule has 0 atom stereocenters. The third-order valence-corrected chi connectivity index (χ3v) is 5.61. The maximum Gasteiger partial charge on any atom is 0.330 e. The largest absolute Gasteiger partial charge is 0.467 e. The van der Waals surface area contributed by atoms with Crippen LogP contribution < -0.4 is 21.9 Å². The molecule has 4 aromatic rings. The van der Waals surface area contributed by atoms with Crippen molar-refractivity contribution in [1.82, 2.24) is 9.55 Å². The van der Waals surface area contributed by atoms with Gasteiger partial charge in [0.1, 0.15) is 11.6 Å². The molecule has 0 fully saturated rings. The normalized spacial score (nSPS) is 11.3. The first kappa shape index (κ1) is 22.8. The molecule has 0 aliphatic carbocycles. The van der Waals surface area contributed by atoms with Gasteiger partial charge in [0.05, 0.1) is 12.8 Å². The van der Waals surface area contributed by atoms with E-state index < -0.39 is 17.2 Å². The Morgan fingerprint density at radius 1 is 1.12 bits per heavy atom. The van der Waals surface area contributed by atoms with Crippen molar-refractivity contribution in [2.45, 2.75) is 32.9 Å². The van der Waals surface area contributed by atoms with E-state index in [2.05, 4.69) is 4.98 Å². The number of nitrogens with zero attached hydrogens (tertiary/aromatic N) is 2. The second kappa shape index (κ2) is 10.1. The first-order valence-corrected chi connectivity index (χ1v) is 11.1. The van der Waals surface area contributed by atoms with Gasteiger partial charge in [-0.25, -0.2) is 4.79 Å². The summed E-state index contributed by atoms with van der Waals surface area (Å²) in [4.78, 5) is 42.1. The molecule has 0 radical (unpaired) electrons. The van der Waals surface area contributed by atoms with Crippen LogP contribution in [0.1, 0.15) is 31.1 Å². The molecule has 0 spiro atoms. The number of nitrogen functional groups attached to an aromatic ring is 1. The lowest BCUT2D eigenvalue weighted by molar-refractivity contribution is -0.114. The van der Waals surface area contributed by atoms with Crippen molar-refractivity contribution >= 4 is 34.3 Å². The van der Waals surface area contributed by atoms with Crippen molar-refractivity contribution < 1.29 is 9.21 Å². The number of aromatic amines is 1. The number of carbonyl (C=O) groups excluding carboxylic acids is 1. The zero-order chi connectivity index (χ0) is 24.1. The molecule has 0 aliphatic rings. The van der Waals surface area contributed by atoms with Crippen LogP contribution >= 0.6 is 0 Å². The number of fused-ring (bicyclic) bond motifs is 1. The molecule has 2 aromatic carbocycles. The van der Waals surface area contributed by atoms with Crippen LogP contribution in [-0.2, 0) is 17.9 Å². The van der Waals surface area contributed by atoms with Crippen LogP contribution in [0.5, 0.6) is 0 Å². The number of carbonyl (C=O) groups is 1. The third-order valence-electron chi connectivity index (χ3n) is 5.61. The van der Waals surface area contributed by atoms with E-state index in [9.17, 15) is 14.4 Å². The molecule has 0 saturated carbocycles. The lowest BCUT2D eigenvalue weighted by atomic mass is 10.0. The molecule has 0 bridgehead atoms. The highest BCUT2D eigenvalue weighted by Crippen LogP contribution is 2.23. The van der Waals surface area contributed by atoms with Crippen LogP contribution in [0.15, 0.2) is 80.9 Å². The number of H-pyrrole nitrogens is 1. The van der Waals surface area contributed by atoms with E-state index in [-0.39, 0.29) is 18.1 Å². The molecule has 8 heteroatoms. The average molecular weight is 459 g/mol. The number of rotatable bonds is 8. The molecular weight excluding hydrogens is 432 g/mol. The smallest absolute Gasteiger partial charge is 0.330 e. The molecular formula is C26H26N4O4. The Hall–Kier alpha value is -4.33. The van der Waals surface area contributed by atoms with Crippen molar-refractivity contribution in [2.75, 3.05) is 10.6 Å². The summed E-state index contributed by atoms with van der Waals surface area (Å²) in [7, 11) is 0. The van der Waals surface area contributed by atoms with Gasteiger partial charge in [-0.3, -0.25) is 24.0 Å². The highest BCUT2D eigenvalue weighted by molar-refractivity contribution is 6.06. The maximum atomic E-state index is 13.4. The highest BCUT2D eigenvalue weighted by Gasteiger charge is 2.24. The van der Waals surface area contributed by atoms with Crippen LogP contribution in [0, 0.1) is 0 Å². The fourth-order valence-corrected chi connectivity index (χ4v) is 3.85. The Labute approximate surface area is 195 Å². The summed E-state index contributed by atoms with van der Waals surface area (Å²) in [5.74, 6) is -0.0556. The van der Waals surface area contributed by atoms with Crippen LogP contribution in [-0.4, -0.2) is 15.5 Å². The summed E-state index contributed by atoms with van der Waals surface area (Å²) in [5.41, 5.74) is 5.72. The van der Waals surface area contributed by atoms with Gasteiger partial charge in [0.25, 0.3) is 11.5 Å². The number of nitrogens with two attached hydrogens (primary N) is 1. The molecule has 2 heterocycles. The first-order chi connectivity index (χ1) is 16.5. The standard InChI is InChI=1S/C26H26N4O4/c1-2-3-15-29-24(27)23(25(32)28-26(29)33)30(17-20-11-7-16-34-20)22(31)14-13-19-10-6-9-18-8-4-5-12-21(18)19/h4-14,16H,2-3,15,17,27H2,1H3,(H,28,32,33)/b14-13+. The van der Waals surface area contributed by atoms with Gasteiger partial charge >= 0.3 is 5.69 Å². The highest BCUT2D eigenvalue weighted by atomic mass is 16.3. The summed E-state index contributed by atoms with van der Waals surface area (Å²) in [5, 5.41) is 2.05. The average Bonchev–Trinajstić information content (AvgIpc) is 3.35. The van der Waals surface area contributed by atoms with E-state index in [1.54, 1.807) is 18.2 Å². The van der Waals surface area contributed by atoms with E-state index in [0.717, 1.165) is 22.8 Å². The lowest BCUT2D eigenvalue weighted by Crippen LogP contribution is -2.40. The Morgan fingerprint density at radius 3 is 2.68 bits per heavy atom. The Bertz CT molecular complexity index is 1440. The predicted octanol–water partition coefficient (Wildman–Crippen LogP) is 3.91. The van der Waals surface area contributed by atoms with Crippen LogP contribution in [0.2, 0.25) is 0 Å². The van der Waals surface area contributed by atoms with Crippen LogP contribution in [0.3, 0.4) is 0 Å². The van der Waals surface area contributed by atoms with Gasteiger partial charge in [0.2, 0.25) is 0 Å². The van der Waals surface area contributed by atoms with Crippen molar-refractivity contribution in [2.24, 2.45) is 0 Å². The van der Waals surface area contributed by atoms with Gasteiger partial charge in [0.15, 0.2) is 5.69 Å². The zero-order valence-electron chi connectivity index (χ0n) is 18.9.